The second-order valence-electron chi connectivity index (χ2n) is 3.93. The number of benzene rings is 1. The molecule has 0 amide bonds. The molecule has 3 heteroatoms. The van der Waals surface area contributed by atoms with Gasteiger partial charge in [-0.1, -0.05) is 24.0 Å². The number of nitrogens with zero attached hydrogens (tertiary/aromatic N) is 1. The summed E-state index contributed by atoms with van der Waals surface area (Å²) in [5.41, 5.74) is 7.70. The largest absolute Gasteiger partial charge is 0.320 e. The van der Waals surface area contributed by atoms with E-state index in [9.17, 15) is 0 Å². The van der Waals surface area contributed by atoms with Crippen LogP contribution in [0.1, 0.15) is 11.1 Å². The second-order valence-corrected chi connectivity index (χ2v) is 4.92. The van der Waals surface area contributed by atoms with E-state index >= 15 is 0 Å². The van der Waals surface area contributed by atoms with Crippen LogP contribution in [0.25, 0.3) is 0 Å². The van der Waals surface area contributed by atoms with Crippen molar-refractivity contribution in [2.45, 2.75) is 6.54 Å². The summed E-state index contributed by atoms with van der Waals surface area (Å²) in [4.78, 5) is 2.33. The van der Waals surface area contributed by atoms with Gasteiger partial charge in [0.15, 0.2) is 0 Å². The SMILES string of the molecule is CSCCN(C)Cc1ccc(C#CCN)cc1. The molecule has 0 radical (unpaired) electrons. The minimum atomic E-state index is 0.416. The molecule has 0 unspecified atom stereocenters. The molecule has 2 N–H and O–H groups in total. The predicted octanol–water partition coefficient (Wildman–Crippen LogP) is 1.79. The molecular formula is C14H20N2S. The van der Waals surface area contributed by atoms with Crippen LogP contribution >= 0.6 is 11.8 Å². The number of hydrogen-bond donors (Lipinski definition) is 1. The molecule has 0 aliphatic heterocycles. The molecule has 0 fully saturated rings. The first-order valence-corrected chi connectivity index (χ1v) is 7.11. The lowest BCUT2D eigenvalue weighted by Crippen LogP contribution is -2.20. The van der Waals surface area contributed by atoms with Crippen molar-refractivity contribution in [3.05, 3.63) is 35.4 Å². The highest BCUT2D eigenvalue weighted by atomic mass is 32.2. The molecule has 0 bridgehead atoms. The van der Waals surface area contributed by atoms with E-state index in [1.807, 2.05) is 11.8 Å². The summed E-state index contributed by atoms with van der Waals surface area (Å²) < 4.78 is 0. The molecule has 1 aromatic carbocycles. The van der Waals surface area contributed by atoms with Crippen LogP contribution in [-0.2, 0) is 6.54 Å². The number of thioether (sulfide) groups is 1. The molecule has 0 atom stereocenters. The topological polar surface area (TPSA) is 29.3 Å². The standard InChI is InChI=1S/C14H20N2S/c1-16(10-11-17-2)12-14-7-5-13(6-8-14)4-3-9-15/h5-8H,9-12,15H2,1-2H3. The van der Waals surface area contributed by atoms with E-state index in [2.05, 4.69) is 54.3 Å². The van der Waals surface area contributed by atoms with Crippen LogP contribution in [0.5, 0.6) is 0 Å². The molecular weight excluding hydrogens is 228 g/mol. The van der Waals surface area contributed by atoms with Gasteiger partial charge >= 0.3 is 0 Å². The van der Waals surface area contributed by atoms with E-state index in [1.165, 1.54) is 11.3 Å². The summed E-state index contributed by atoms with van der Waals surface area (Å²) in [6, 6.07) is 8.38. The third-order valence-electron chi connectivity index (χ3n) is 2.42. The maximum atomic E-state index is 5.34. The molecule has 0 heterocycles. The van der Waals surface area contributed by atoms with Gasteiger partial charge in [0.25, 0.3) is 0 Å². The van der Waals surface area contributed by atoms with E-state index in [-0.39, 0.29) is 0 Å². The Kier molecular flexibility index (Phi) is 6.80. The average molecular weight is 248 g/mol. The van der Waals surface area contributed by atoms with Gasteiger partial charge in [0.1, 0.15) is 0 Å². The highest BCUT2D eigenvalue weighted by molar-refractivity contribution is 7.98. The molecule has 0 saturated heterocycles. The molecule has 2 nitrogen and oxygen atoms in total. The van der Waals surface area contributed by atoms with Crippen molar-refractivity contribution in [1.29, 1.82) is 0 Å². The summed E-state index contributed by atoms with van der Waals surface area (Å²) in [5.74, 6) is 7.06. The number of hydrogen-bond acceptors (Lipinski definition) is 3. The predicted molar refractivity (Wildman–Crippen MR) is 77.1 cm³/mol. The van der Waals surface area contributed by atoms with Gasteiger partial charge in [0.05, 0.1) is 6.54 Å². The van der Waals surface area contributed by atoms with Gasteiger partial charge in [-0.3, -0.25) is 0 Å². The lowest BCUT2D eigenvalue weighted by Gasteiger charge is -2.15. The fourth-order valence-corrected chi connectivity index (χ4v) is 1.98. The van der Waals surface area contributed by atoms with Crippen LogP contribution in [0, 0.1) is 11.8 Å². The van der Waals surface area contributed by atoms with E-state index in [4.69, 9.17) is 5.73 Å². The van der Waals surface area contributed by atoms with Crippen molar-refractivity contribution in [1.82, 2.24) is 4.90 Å². The van der Waals surface area contributed by atoms with Crippen LogP contribution in [-0.4, -0.2) is 37.0 Å². The number of nitrogens with two attached hydrogens (primary N) is 1. The zero-order valence-corrected chi connectivity index (χ0v) is 11.4. The first-order valence-electron chi connectivity index (χ1n) is 5.71. The molecule has 0 aliphatic rings. The maximum Gasteiger partial charge on any atom is 0.0555 e. The summed E-state index contributed by atoms with van der Waals surface area (Å²) in [6.45, 7) is 2.53. The molecule has 92 valence electrons. The molecule has 1 rings (SSSR count). The Balaban J connectivity index is 2.50. The van der Waals surface area contributed by atoms with Crippen LogP contribution in [0.4, 0.5) is 0 Å². The van der Waals surface area contributed by atoms with Gasteiger partial charge in [-0.2, -0.15) is 11.8 Å². The monoisotopic (exact) mass is 248 g/mol. The summed E-state index contributed by atoms with van der Waals surface area (Å²) >= 11 is 1.88. The zero-order valence-electron chi connectivity index (χ0n) is 10.6. The average Bonchev–Trinajstić information content (AvgIpc) is 2.35. The second kappa shape index (κ2) is 8.19. The van der Waals surface area contributed by atoms with E-state index in [0.29, 0.717) is 6.54 Å². The lowest BCUT2D eigenvalue weighted by atomic mass is 10.1. The van der Waals surface area contributed by atoms with Crippen molar-refractivity contribution in [3.8, 4) is 11.8 Å². The summed E-state index contributed by atoms with van der Waals surface area (Å²) in [7, 11) is 2.15. The normalized spacial score (nSPS) is 10.1. The molecule has 1 aromatic rings. The van der Waals surface area contributed by atoms with Gasteiger partial charge < -0.3 is 10.6 Å². The Morgan fingerprint density at radius 2 is 2.00 bits per heavy atom. The van der Waals surface area contributed by atoms with Crippen LogP contribution in [0.15, 0.2) is 24.3 Å². The Labute approximate surface area is 109 Å². The van der Waals surface area contributed by atoms with Gasteiger partial charge in [0.2, 0.25) is 0 Å². The van der Waals surface area contributed by atoms with E-state index < -0.39 is 0 Å². The van der Waals surface area contributed by atoms with Crippen molar-refractivity contribution in [2.75, 3.05) is 32.1 Å². The summed E-state index contributed by atoms with van der Waals surface area (Å²) in [5, 5.41) is 0. The Hall–Kier alpha value is -0.950. The Bertz CT molecular complexity index is 375. The molecule has 0 aromatic heterocycles. The molecule has 0 spiro atoms. The lowest BCUT2D eigenvalue weighted by molar-refractivity contribution is 0.349. The third kappa shape index (κ3) is 5.78. The smallest absolute Gasteiger partial charge is 0.0555 e. The quantitative estimate of drug-likeness (QED) is 0.806. The fourth-order valence-electron chi connectivity index (χ4n) is 1.48. The third-order valence-corrected chi connectivity index (χ3v) is 3.01. The maximum absolute atomic E-state index is 5.34. The minimum absolute atomic E-state index is 0.416. The van der Waals surface area contributed by atoms with Crippen molar-refractivity contribution in [2.24, 2.45) is 5.73 Å². The Morgan fingerprint density at radius 3 is 2.59 bits per heavy atom. The Morgan fingerprint density at radius 1 is 1.29 bits per heavy atom. The van der Waals surface area contributed by atoms with Crippen molar-refractivity contribution >= 4 is 11.8 Å². The molecule has 0 aliphatic carbocycles. The van der Waals surface area contributed by atoms with E-state index in [0.717, 1.165) is 18.7 Å². The zero-order chi connectivity index (χ0) is 12.5. The van der Waals surface area contributed by atoms with Crippen LogP contribution < -0.4 is 5.73 Å². The molecule has 17 heavy (non-hydrogen) atoms. The highest BCUT2D eigenvalue weighted by Crippen LogP contribution is 2.06. The van der Waals surface area contributed by atoms with Crippen molar-refractivity contribution < 1.29 is 0 Å². The van der Waals surface area contributed by atoms with Gasteiger partial charge in [0, 0.05) is 24.4 Å². The number of rotatable bonds is 5. The highest BCUT2D eigenvalue weighted by Gasteiger charge is 1.99. The first-order chi connectivity index (χ1) is 8.26. The van der Waals surface area contributed by atoms with Crippen LogP contribution in [0.3, 0.4) is 0 Å². The van der Waals surface area contributed by atoms with Crippen LogP contribution in [0.2, 0.25) is 0 Å². The fraction of sp³-hybridized carbons (Fsp3) is 0.429. The van der Waals surface area contributed by atoms with E-state index in [1.54, 1.807) is 0 Å². The first kappa shape index (κ1) is 14.1. The van der Waals surface area contributed by atoms with Gasteiger partial charge in [-0.25, -0.2) is 0 Å². The summed E-state index contributed by atoms with van der Waals surface area (Å²) in [6.07, 6.45) is 2.14. The minimum Gasteiger partial charge on any atom is -0.320 e. The molecule has 0 saturated carbocycles. The van der Waals surface area contributed by atoms with Gasteiger partial charge in [-0.15, -0.1) is 0 Å². The van der Waals surface area contributed by atoms with Crippen molar-refractivity contribution in [3.63, 3.8) is 0 Å². The van der Waals surface area contributed by atoms with Gasteiger partial charge in [-0.05, 0) is 31.0 Å².